The number of aliphatic imine (C=N–C) groups is 1. The number of aliphatic carboxylic acids is 1. The number of carboxylic acids is 1. The average Bonchev–Trinajstić information content (AvgIpc) is 2.97. The Kier molecular flexibility index (Phi) is 5.77. The second-order valence-corrected chi connectivity index (χ2v) is 5.37. The lowest BCUT2D eigenvalue weighted by Gasteiger charge is -2.07. The Labute approximate surface area is 126 Å². The Bertz CT molecular complexity index is 533. The summed E-state index contributed by atoms with van der Waals surface area (Å²) in [6.45, 7) is 0.0993. The van der Waals surface area contributed by atoms with Crippen molar-refractivity contribution in [1.29, 1.82) is 0 Å². The van der Waals surface area contributed by atoms with Gasteiger partial charge in [0.1, 0.15) is 12.6 Å². The van der Waals surface area contributed by atoms with E-state index in [-0.39, 0.29) is 25.7 Å². The summed E-state index contributed by atoms with van der Waals surface area (Å²) < 4.78 is 4.84. The van der Waals surface area contributed by atoms with Crippen molar-refractivity contribution < 1.29 is 19.4 Å². The minimum Gasteiger partial charge on any atom is -0.480 e. The molecule has 0 saturated carbocycles. The first-order valence-electron chi connectivity index (χ1n) is 6.50. The van der Waals surface area contributed by atoms with E-state index in [4.69, 9.17) is 9.84 Å². The van der Waals surface area contributed by atoms with Crippen LogP contribution in [-0.4, -0.2) is 53.6 Å². The second kappa shape index (κ2) is 7.80. The van der Waals surface area contributed by atoms with Crippen molar-refractivity contribution in [2.24, 2.45) is 4.99 Å². The van der Waals surface area contributed by atoms with E-state index >= 15 is 0 Å². The highest BCUT2D eigenvalue weighted by Crippen LogP contribution is 2.23. The van der Waals surface area contributed by atoms with Gasteiger partial charge in [-0.3, -0.25) is 9.79 Å². The molecule has 1 amide bonds. The van der Waals surface area contributed by atoms with E-state index in [1.54, 1.807) is 11.8 Å². The van der Waals surface area contributed by atoms with Gasteiger partial charge in [0.2, 0.25) is 5.91 Å². The molecule has 0 bridgehead atoms. The molecule has 0 fully saturated rings. The largest absolute Gasteiger partial charge is 0.480 e. The Hall–Kier alpha value is -1.86. The van der Waals surface area contributed by atoms with Crippen molar-refractivity contribution in [2.75, 3.05) is 25.5 Å². The molecular formula is C14H16N2O4S. The number of nitrogens with one attached hydrogen (secondary N) is 1. The molecule has 2 rings (SSSR count). The lowest BCUT2D eigenvalue weighted by atomic mass is 10.2. The highest BCUT2D eigenvalue weighted by molar-refractivity contribution is 8.14. The smallest absolute Gasteiger partial charge is 0.329 e. The molecule has 1 aliphatic heterocycles. The van der Waals surface area contributed by atoms with E-state index in [0.29, 0.717) is 5.75 Å². The van der Waals surface area contributed by atoms with E-state index in [1.807, 2.05) is 30.3 Å². The van der Waals surface area contributed by atoms with Crippen molar-refractivity contribution in [1.82, 2.24) is 5.32 Å². The molecule has 2 N–H and O–H groups in total. The van der Waals surface area contributed by atoms with E-state index in [1.165, 1.54) is 0 Å². The third-order valence-corrected chi connectivity index (χ3v) is 3.84. The number of carbonyl (C=O) groups excluding carboxylic acids is 1. The van der Waals surface area contributed by atoms with E-state index in [9.17, 15) is 9.59 Å². The average molecular weight is 308 g/mol. The number of rotatable bonds is 7. The quantitative estimate of drug-likeness (QED) is 0.726. The second-order valence-electron chi connectivity index (χ2n) is 4.36. The fourth-order valence-corrected chi connectivity index (χ4v) is 2.82. The van der Waals surface area contributed by atoms with Gasteiger partial charge in [0.15, 0.2) is 0 Å². The van der Waals surface area contributed by atoms with E-state index in [2.05, 4.69) is 10.3 Å². The van der Waals surface area contributed by atoms with Crippen LogP contribution in [0, 0.1) is 0 Å². The van der Waals surface area contributed by atoms with Crippen molar-refractivity contribution in [2.45, 2.75) is 6.04 Å². The summed E-state index contributed by atoms with van der Waals surface area (Å²) in [5.74, 6) is -0.565. The molecule has 7 heteroatoms. The number of amides is 1. The summed E-state index contributed by atoms with van der Waals surface area (Å²) in [7, 11) is 0. The van der Waals surface area contributed by atoms with Gasteiger partial charge in [-0.25, -0.2) is 4.79 Å². The van der Waals surface area contributed by atoms with Crippen LogP contribution in [0.3, 0.4) is 0 Å². The summed E-state index contributed by atoms with van der Waals surface area (Å²) in [6.07, 6.45) is 0. The molecule has 1 atom stereocenters. The van der Waals surface area contributed by atoms with Gasteiger partial charge in [-0.2, -0.15) is 0 Å². The van der Waals surface area contributed by atoms with Gasteiger partial charge in [0.05, 0.1) is 11.7 Å². The standard InChI is InChI=1S/C14H16N2O4S/c17-12(18)8-20-7-6-15-13(19)11-9-21-14(16-11)10-4-2-1-3-5-10/h1-5,11H,6-9H2,(H,15,19)(H,17,18). The van der Waals surface area contributed by atoms with Crippen LogP contribution in [0.4, 0.5) is 0 Å². The molecule has 1 unspecified atom stereocenters. The molecule has 1 aromatic carbocycles. The number of carbonyl (C=O) groups is 2. The zero-order valence-electron chi connectivity index (χ0n) is 11.3. The van der Waals surface area contributed by atoms with Crippen LogP contribution in [-0.2, 0) is 14.3 Å². The summed E-state index contributed by atoms with van der Waals surface area (Å²) >= 11 is 1.56. The zero-order chi connectivity index (χ0) is 15.1. The Morgan fingerprint density at radius 1 is 1.38 bits per heavy atom. The van der Waals surface area contributed by atoms with Crippen LogP contribution < -0.4 is 5.32 Å². The number of carboxylic acid groups (broad SMARTS) is 1. The van der Waals surface area contributed by atoms with Gasteiger partial charge in [-0.05, 0) is 0 Å². The molecule has 1 aliphatic rings. The van der Waals surface area contributed by atoms with Crippen LogP contribution in [0.5, 0.6) is 0 Å². The summed E-state index contributed by atoms with van der Waals surface area (Å²) in [4.78, 5) is 26.6. The first kappa shape index (κ1) is 15.5. The normalized spacial score (nSPS) is 17.3. The van der Waals surface area contributed by atoms with Gasteiger partial charge in [-0.15, -0.1) is 11.8 Å². The van der Waals surface area contributed by atoms with Gasteiger partial charge in [0.25, 0.3) is 0 Å². The molecular weight excluding hydrogens is 292 g/mol. The van der Waals surface area contributed by atoms with Gasteiger partial charge < -0.3 is 15.2 Å². The lowest BCUT2D eigenvalue weighted by Crippen LogP contribution is -2.36. The number of thioether (sulfide) groups is 1. The van der Waals surface area contributed by atoms with Crippen LogP contribution in [0.15, 0.2) is 35.3 Å². The van der Waals surface area contributed by atoms with Gasteiger partial charge in [-0.1, -0.05) is 30.3 Å². The monoisotopic (exact) mass is 308 g/mol. The number of hydrogen-bond acceptors (Lipinski definition) is 5. The topological polar surface area (TPSA) is 88.0 Å². The summed E-state index contributed by atoms with van der Waals surface area (Å²) in [5.41, 5.74) is 1.02. The maximum absolute atomic E-state index is 11.9. The van der Waals surface area contributed by atoms with Crippen LogP contribution in [0.25, 0.3) is 0 Å². The predicted molar refractivity (Wildman–Crippen MR) is 80.7 cm³/mol. The molecule has 0 aliphatic carbocycles. The number of benzene rings is 1. The first-order chi connectivity index (χ1) is 10.2. The predicted octanol–water partition coefficient (Wildman–Crippen LogP) is 0.766. The van der Waals surface area contributed by atoms with Crippen molar-refractivity contribution in [3.8, 4) is 0 Å². The molecule has 1 heterocycles. The number of nitrogens with zero attached hydrogens (tertiary/aromatic N) is 1. The molecule has 0 radical (unpaired) electrons. The van der Waals surface area contributed by atoms with E-state index < -0.39 is 12.0 Å². The molecule has 0 spiro atoms. The third-order valence-electron chi connectivity index (χ3n) is 2.75. The highest BCUT2D eigenvalue weighted by Gasteiger charge is 2.25. The Morgan fingerprint density at radius 2 is 2.14 bits per heavy atom. The summed E-state index contributed by atoms with van der Waals surface area (Å²) in [6, 6.07) is 9.34. The van der Waals surface area contributed by atoms with Gasteiger partial charge >= 0.3 is 5.97 Å². The van der Waals surface area contributed by atoms with Crippen LogP contribution in [0.1, 0.15) is 5.56 Å². The maximum Gasteiger partial charge on any atom is 0.329 e. The molecule has 21 heavy (non-hydrogen) atoms. The number of ether oxygens (including phenoxy) is 1. The van der Waals surface area contributed by atoms with Gasteiger partial charge in [0, 0.05) is 17.9 Å². The Morgan fingerprint density at radius 3 is 2.86 bits per heavy atom. The fourth-order valence-electron chi connectivity index (χ4n) is 1.77. The van der Waals surface area contributed by atoms with Crippen LogP contribution in [0.2, 0.25) is 0 Å². The number of hydrogen-bond donors (Lipinski definition) is 2. The maximum atomic E-state index is 11.9. The zero-order valence-corrected chi connectivity index (χ0v) is 12.1. The van der Waals surface area contributed by atoms with Crippen molar-refractivity contribution in [3.05, 3.63) is 35.9 Å². The minimum absolute atomic E-state index is 0.160. The molecule has 112 valence electrons. The minimum atomic E-state index is -1.02. The fraction of sp³-hybridized carbons (Fsp3) is 0.357. The van der Waals surface area contributed by atoms with Crippen LogP contribution >= 0.6 is 11.8 Å². The third kappa shape index (κ3) is 4.87. The first-order valence-corrected chi connectivity index (χ1v) is 7.48. The SMILES string of the molecule is O=C(O)COCCNC(=O)C1CSC(c2ccccc2)=N1. The van der Waals surface area contributed by atoms with E-state index in [0.717, 1.165) is 10.6 Å². The van der Waals surface area contributed by atoms with Crippen molar-refractivity contribution >= 4 is 28.7 Å². The lowest BCUT2D eigenvalue weighted by molar-refractivity contribution is -0.142. The molecule has 1 aromatic rings. The van der Waals surface area contributed by atoms with Crippen molar-refractivity contribution in [3.63, 3.8) is 0 Å². The summed E-state index contributed by atoms with van der Waals surface area (Å²) in [5, 5.41) is 12.0. The Balaban J connectivity index is 1.77. The molecule has 0 saturated heterocycles. The highest BCUT2D eigenvalue weighted by atomic mass is 32.2. The molecule has 6 nitrogen and oxygen atoms in total. The molecule has 0 aromatic heterocycles.